The minimum atomic E-state index is -1.19. The van der Waals surface area contributed by atoms with Crippen molar-refractivity contribution in [2.75, 3.05) is 0 Å². The first-order valence-electron chi connectivity index (χ1n) is 6.90. The fraction of sp³-hybridized carbons (Fsp3) is 0.0588. The summed E-state index contributed by atoms with van der Waals surface area (Å²) in [6.07, 6.45) is 1.32. The number of thiophene rings is 1. The maximum atomic E-state index is 11.0. The number of carbonyl (C=O) groups excluding carboxylic acids is 1. The Kier molecular flexibility index (Phi) is 3.24. The Labute approximate surface area is 134 Å². The van der Waals surface area contributed by atoms with E-state index in [0.717, 1.165) is 22.1 Å². The molecule has 0 aliphatic carbocycles. The minimum Gasteiger partial charge on any atom is -0.550 e. The second-order valence-corrected chi connectivity index (χ2v) is 5.81. The number of oxazole rings is 1. The minimum absolute atomic E-state index is 0.289. The van der Waals surface area contributed by atoms with Crippen molar-refractivity contribution < 1.29 is 18.7 Å². The monoisotopic (exact) mass is 324 g/mol. The molecule has 3 aromatic heterocycles. The number of carbonyl (C=O) groups is 1. The molecule has 4 aromatic rings. The van der Waals surface area contributed by atoms with E-state index in [0.29, 0.717) is 17.3 Å². The number of hydrogen-bond acceptors (Lipinski definition) is 6. The standard InChI is InChI=1S/C17H11NO4S/c19-15(20)8-13-16(12-4-6-23-9-12)22-17(18-13)11-1-2-14-10(7-11)3-5-21-14/h1-7,9H,8H2,(H,19,20)/p-1. The summed E-state index contributed by atoms with van der Waals surface area (Å²) in [6.45, 7) is 0. The van der Waals surface area contributed by atoms with Gasteiger partial charge in [0.25, 0.3) is 0 Å². The third-order valence-electron chi connectivity index (χ3n) is 3.49. The van der Waals surface area contributed by atoms with Gasteiger partial charge in [-0.3, -0.25) is 0 Å². The number of benzene rings is 1. The second kappa shape index (κ2) is 5.40. The Balaban J connectivity index is 1.83. The normalized spacial score (nSPS) is 11.1. The van der Waals surface area contributed by atoms with Crippen LogP contribution in [0, 0.1) is 0 Å². The van der Waals surface area contributed by atoms with E-state index in [1.165, 1.54) is 11.3 Å². The van der Waals surface area contributed by atoms with E-state index in [1.807, 2.05) is 41.1 Å². The Morgan fingerprint density at radius 3 is 2.91 bits per heavy atom. The number of fused-ring (bicyclic) bond motifs is 1. The van der Waals surface area contributed by atoms with E-state index in [9.17, 15) is 9.90 Å². The fourth-order valence-electron chi connectivity index (χ4n) is 2.45. The number of aromatic nitrogens is 1. The van der Waals surface area contributed by atoms with Gasteiger partial charge in [0.05, 0.1) is 12.0 Å². The molecule has 0 amide bonds. The van der Waals surface area contributed by atoms with Crippen LogP contribution < -0.4 is 5.11 Å². The van der Waals surface area contributed by atoms with Crippen LogP contribution in [-0.2, 0) is 11.2 Å². The number of rotatable bonds is 4. The van der Waals surface area contributed by atoms with Gasteiger partial charge in [0.15, 0.2) is 5.76 Å². The quantitative estimate of drug-likeness (QED) is 0.576. The van der Waals surface area contributed by atoms with Crippen LogP contribution in [0.5, 0.6) is 0 Å². The van der Waals surface area contributed by atoms with Crippen molar-refractivity contribution in [2.45, 2.75) is 6.42 Å². The van der Waals surface area contributed by atoms with Gasteiger partial charge in [0.1, 0.15) is 5.58 Å². The van der Waals surface area contributed by atoms with Crippen molar-refractivity contribution in [3.8, 4) is 22.8 Å². The lowest BCUT2D eigenvalue weighted by Gasteiger charge is -1.99. The van der Waals surface area contributed by atoms with Gasteiger partial charge in [-0.1, -0.05) is 0 Å². The van der Waals surface area contributed by atoms with E-state index in [2.05, 4.69) is 4.98 Å². The van der Waals surface area contributed by atoms with Crippen molar-refractivity contribution in [3.63, 3.8) is 0 Å². The summed E-state index contributed by atoms with van der Waals surface area (Å²) in [5.41, 5.74) is 2.72. The molecule has 0 atom stereocenters. The lowest BCUT2D eigenvalue weighted by molar-refractivity contribution is -0.304. The van der Waals surface area contributed by atoms with Crippen molar-refractivity contribution in [2.24, 2.45) is 0 Å². The molecule has 0 unspecified atom stereocenters. The lowest BCUT2D eigenvalue weighted by Crippen LogP contribution is -2.24. The van der Waals surface area contributed by atoms with Crippen LogP contribution in [0.3, 0.4) is 0 Å². The highest BCUT2D eigenvalue weighted by atomic mass is 32.1. The third kappa shape index (κ3) is 2.53. The number of furan rings is 1. The molecule has 0 bridgehead atoms. The Bertz CT molecular complexity index is 981. The predicted octanol–water partition coefficient (Wildman–Crippen LogP) is 3.11. The smallest absolute Gasteiger partial charge is 0.227 e. The first-order valence-corrected chi connectivity index (χ1v) is 7.85. The van der Waals surface area contributed by atoms with Gasteiger partial charge in [-0.25, -0.2) is 4.98 Å². The average molecular weight is 324 g/mol. The molecular formula is C17H10NO4S-. The molecule has 0 saturated heterocycles. The Morgan fingerprint density at radius 1 is 1.22 bits per heavy atom. The summed E-state index contributed by atoms with van der Waals surface area (Å²) in [5, 5.41) is 15.7. The van der Waals surface area contributed by atoms with Gasteiger partial charge >= 0.3 is 0 Å². The van der Waals surface area contributed by atoms with Crippen LogP contribution in [0.1, 0.15) is 5.69 Å². The number of nitrogens with zero attached hydrogens (tertiary/aromatic N) is 1. The molecule has 0 aliphatic rings. The van der Waals surface area contributed by atoms with Crippen molar-refractivity contribution in [1.82, 2.24) is 4.98 Å². The number of hydrogen-bond donors (Lipinski definition) is 0. The molecule has 114 valence electrons. The van der Waals surface area contributed by atoms with Crippen molar-refractivity contribution in [3.05, 3.63) is 53.0 Å². The topological polar surface area (TPSA) is 79.3 Å². The van der Waals surface area contributed by atoms with Crippen LogP contribution in [0.15, 0.2) is 56.2 Å². The number of carboxylic acid groups (broad SMARTS) is 1. The summed E-state index contributed by atoms with van der Waals surface area (Å²) in [7, 11) is 0. The highest BCUT2D eigenvalue weighted by Crippen LogP contribution is 2.32. The molecule has 0 fully saturated rings. The SMILES string of the molecule is O=C([O-])Cc1nc(-c2ccc3occc3c2)oc1-c1ccsc1. The predicted molar refractivity (Wildman–Crippen MR) is 83.7 cm³/mol. The first-order chi connectivity index (χ1) is 11.2. The zero-order valence-corrected chi connectivity index (χ0v) is 12.6. The average Bonchev–Trinajstić information content (AvgIpc) is 3.26. The van der Waals surface area contributed by atoms with Crippen LogP contribution in [-0.4, -0.2) is 11.0 Å². The summed E-state index contributed by atoms with van der Waals surface area (Å²) in [4.78, 5) is 15.3. The van der Waals surface area contributed by atoms with E-state index >= 15 is 0 Å². The zero-order valence-electron chi connectivity index (χ0n) is 11.8. The van der Waals surface area contributed by atoms with Crippen LogP contribution in [0.2, 0.25) is 0 Å². The fourth-order valence-corrected chi connectivity index (χ4v) is 3.09. The van der Waals surface area contributed by atoms with E-state index in [4.69, 9.17) is 8.83 Å². The van der Waals surface area contributed by atoms with Crippen LogP contribution in [0.25, 0.3) is 33.7 Å². The van der Waals surface area contributed by atoms with Gasteiger partial charge < -0.3 is 18.7 Å². The molecular weight excluding hydrogens is 314 g/mol. The van der Waals surface area contributed by atoms with E-state index in [-0.39, 0.29) is 6.42 Å². The Morgan fingerprint density at radius 2 is 2.13 bits per heavy atom. The molecule has 6 heteroatoms. The molecule has 0 aliphatic heterocycles. The summed E-state index contributed by atoms with van der Waals surface area (Å²) < 4.78 is 11.2. The third-order valence-corrected chi connectivity index (χ3v) is 4.18. The van der Waals surface area contributed by atoms with Gasteiger partial charge in [-0.15, -0.1) is 0 Å². The zero-order chi connectivity index (χ0) is 15.8. The molecule has 5 nitrogen and oxygen atoms in total. The van der Waals surface area contributed by atoms with E-state index < -0.39 is 5.97 Å². The summed E-state index contributed by atoms with van der Waals surface area (Å²) >= 11 is 1.51. The summed E-state index contributed by atoms with van der Waals surface area (Å²) in [6, 6.07) is 9.27. The molecule has 0 saturated carbocycles. The van der Waals surface area contributed by atoms with Gasteiger partial charge in [0, 0.05) is 34.3 Å². The van der Waals surface area contributed by atoms with Crippen molar-refractivity contribution >= 4 is 28.3 Å². The van der Waals surface area contributed by atoms with Crippen LogP contribution in [0.4, 0.5) is 0 Å². The van der Waals surface area contributed by atoms with Crippen molar-refractivity contribution in [1.29, 1.82) is 0 Å². The second-order valence-electron chi connectivity index (χ2n) is 5.03. The number of aliphatic carboxylic acids is 1. The number of carboxylic acids is 1. The molecule has 23 heavy (non-hydrogen) atoms. The molecule has 3 heterocycles. The molecule has 1 aromatic carbocycles. The van der Waals surface area contributed by atoms with Crippen LogP contribution >= 0.6 is 11.3 Å². The molecule has 0 radical (unpaired) electrons. The molecule has 4 rings (SSSR count). The van der Waals surface area contributed by atoms with Gasteiger partial charge in [0.2, 0.25) is 5.89 Å². The lowest BCUT2D eigenvalue weighted by atomic mass is 10.1. The largest absolute Gasteiger partial charge is 0.550 e. The summed E-state index contributed by atoms with van der Waals surface area (Å²) in [5.74, 6) is -0.338. The van der Waals surface area contributed by atoms with Gasteiger partial charge in [-0.2, -0.15) is 11.3 Å². The van der Waals surface area contributed by atoms with Gasteiger partial charge in [-0.05, 0) is 35.7 Å². The maximum absolute atomic E-state index is 11.0. The van der Waals surface area contributed by atoms with E-state index in [1.54, 1.807) is 6.26 Å². The highest BCUT2D eigenvalue weighted by molar-refractivity contribution is 7.08. The maximum Gasteiger partial charge on any atom is 0.227 e. The first kappa shape index (κ1) is 13.8. The molecule has 0 spiro atoms. The Hall–Kier alpha value is -2.86. The highest BCUT2D eigenvalue weighted by Gasteiger charge is 2.17. The molecule has 0 N–H and O–H groups in total.